The highest BCUT2D eigenvalue weighted by Gasteiger charge is 2.14. The molecule has 0 saturated heterocycles. The van der Waals surface area contributed by atoms with Gasteiger partial charge in [-0.1, -0.05) is 15.9 Å². The second-order valence-corrected chi connectivity index (χ2v) is 5.47. The fourth-order valence-electron chi connectivity index (χ4n) is 1.48. The minimum Gasteiger partial charge on any atom is -0.397 e. The van der Waals surface area contributed by atoms with Crippen molar-refractivity contribution in [1.82, 2.24) is 9.55 Å². The molecule has 0 aliphatic heterocycles. The maximum Gasteiger partial charge on any atom is 0.274 e. The zero-order valence-electron chi connectivity index (χ0n) is 9.45. The lowest BCUT2D eigenvalue weighted by Crippen LogP contribution is -2.16. The van der Waals surface area contributed by atoms with Crippen molar-refractivity contribution in [2.45, 2.75) is 0 Å². The SMILES string of the molecule is Cn1cncc1C(=O)Nc1c(N)cc(Br)cc1Br. The van der Waals surface area contributed by atoms with Crippen LogP contribution in [0.4, 0.5) is 11.4 Å². The van der Waals surface area contributed by atoms with E-state index in [1.165, 1.54) is 6.20 Å². The quantitative estimate of drug-likeness (QED) is 0.795. The summed E-state index contributed by atoms with van der Waals surface area (Å²) in [6.07, 6.45) is 3.06. The van der Waals surface area contributed by atoms with Crippen molar-refractivity contribution >= 4 is 49.1 Å². The van der Waals surface area contributed by atoms with Crippen molar-refractivity contribution in [3.63, 3.8) is 0 Å². The molecule has 0 unspecified atom stereocenters. The molecule has 0 spiro atoms. The van der Waals surface area contributed by atoms with E-state index in [2.05, 4.69) is 42.2 Å². The van der Waals surface area contributed by atoms with Gasteiger partial charge in [0.05, 0.1) is 23.9 Å². The van der Waals surface area contributed by atoms with Crippen LogP contribution in [-0.4, -0.2) is 15.5 Å². The number of nitrogens with zero attached hydrogens (tertiary/aromatic N) is 2. The Bertz CT molecular complexity index is 586. The van der Waals surface area contributed by atoms with E-state index in [0.717, 1.165) is 4.47 Å². The number of imidazole rings is 1. The first-order valence-electron chi connectivity index (χ1n) is 5.01. The van der Waals surface area contributed by atoms with E-state index in [1.807, 2.05) is 6.07 Å². The Morgan fingerprint density at radius 1 is 1.44 bits per heavy atom. The molecule has 0 radical (unpaired) electrons. The molecular formula is C11H10Br2N4O. The number of aromatic nitrogens is 2. The van der Waals surface area contributed by atoms with Crippen molar-refractivity contribution in [3.8, 4) is 0 Å². The van der Waals surface area contributed by atoms with Crippen molar-refractivity contribution in [1.29, 1.82) is 0 Å². The summed E-state index contributed by atoms with van der Waals surface area (Å²) in [5.74, 6) is -0.260. The number of anilines is 2. The molecule has 3 N–H and O–H groups in total. The van der Waals surface area contributed by atoms with Gasteiger partial charge in [0.15, 0.2) is 0 Å². The van der Waals surface area contributed by atoms with Crippen LogP contribution in [-0.2, 0) is 7.05 Å². The molecule has 0 aliphatic rings. The summed E-state index contributed by atoms with van der Waals surface area (Å²) in [6, 6.07) is 3.54. The summed E-state index contributed by atoms with van der Waals surface area (Å²) in [4.78, 5) is 15.9. The Hall–Kier alpha value is -1.34. The molecule has 0 atom stereocenters. The van der Waals surface area contributed by atoms with Crippen LogP contribution in [0.25, 0.3) is 0 Å². The van der Waals surface area contributed by atoms with E-state index in [4.69, 9.17) is 5.73 Å². The van der Waals surface area contributed by atoms with Crippen LogP contribution in [0.2, 0.25) is 0 Å². The largest absolute Gasteiger partial charge is 0.397 e. The molecule has 2 aromatic rings. The highest BCUT2D eigenvalue weighted by atomic mass is 79.9. The van der Waals surface area contributed by atoms with Gasteiger partial charge in [-0.15, -0.1) is 0 Å². The Labute approximate surface area is 121 Å². The first-order chi connectivity index (χ1) is 8.49. The zero-order chi connectivity index (χ0) is 13.3. The number of amides is 1. The lowest BCUT2D eigenvalue weighted by Gasteiger charge is -2.11. The second kappa shape index (κ2) is 5.11. The number of hydrogen-bond acceptors (Lipinski definition) is 3. The van der Waals surface area contributed by atoms with E-state index < -0.39 is 0 Å². The van der Waals surface area contributed by atoms with Crippen molar-refractivity contribution in [3.05, 3.63) is 39.3 Å². The molecule has 1 amide bonds. The molecule has 0 fully saturated rings. The maximum absolute atomic E-state index is 12.0. The van der Waals surface area contributed by atoms with Gasteiger partial charge in [0, 0.05) is 16.0 Å². The highest BCUT2D eigenvalue weighted by Crippen LogP contribution is 2.32. The summed E-state index contributed by atoms with van der Waals surface area (Å²) < 4.78 is 3.19. The first kappa shape index (κ1) is 13.1. The third-order valence-corrected chi connectivity index (χ3v) is 3.46. The van der Waals surface area contributed by atoms with E-state index >= 15 is 0 Å². The van der Waals surface area contributed by atoms with Gasteiger partial charge < -0.3 is 15.6 Å². The number of carbonyl (C=O) groups excluding carboxylic acids is 1. The van der Waals surface area contributed by atoms with E-state index in [-0.39, 0.29) is 5.91 Å². The van der Waals surface area contributed by atoms with Gasteiger partial charge in [-0.05, 0) is 28.1 Å². The molecule has 18 heavy (non-hydrogen) atoms. The molecule has 1 heterocycles. The van der Waals surface area contributed by atoms with Gasteiger partial charge in [0.1, 0.15) is 5.69 Å². The Kier molecular flexibility index (Phi) is 3.72. The number of rotatable bonds is 2. The van der Waals surface area contributed by atoms with Crippen molar-refractivity contribution in [2.75, 3.05) is 11.1 Å². The molecule has 7 heteroatoms. The van der Waals surface area contributed by atoms with Crippen LogP contribution in [0, 0.1) is 0 Å². The Balaban J connectivity index is 2.31. The lowest BCUT2D eigenvalue weighted by atomic mass is 10.2. The predicted molar refractivity (Wildman–Crippen MR) is 77.4 cm³/mol. The first-order valence-corrected chi connectivity index (χ1v) is 6.60. The number of halogens is 2. The minimum absolute atomic E-state index is 0.260. The van der Waals surface area contributed by atoms with Crippen LogP contribution < -0.4 is 11.1 Å². The summed E-state index contributed by atoms with van der Waals surface area (Å²) in [6.45, 7) is 0. The van der Waals surface area contributed by atoms with Gasteiger partial charge in [-0.25, -0.2) is 4.98 Å². The fraction of sp³-hybridized carbons (Fsp3) is 0.0909. The number of nitrogen functional groups attached to an aromatic ring is 1. The lowest BCUT2D eigenvalue weighted by molar-refractivity contribution is 0.101. The second-order valence-electron chi connectivity index (χ2n) is 3.70. The van der Waals surface area contributed by atoms with Crippen LogP contribution in [0.3, 0.4) is 0 Å². The van der Waals surface area contributed by atoms with Gasteiger partial charge >= 0.3 is 0 Å². The summed E-state index contributed by atoms with van der Waals surface area (Å²) >= 11 is 6.69. The van der Waals surface area contributed by atoms with Crippen molar-refractivity contribution in [2.24, 2.45) is 7.05 Å². The van der Waals surface area contributed by atoms with E-state index in [9.17, 15) is 4.79 Å². The molecule has 94 valence electrons. The van der Waals surface area contributed by atoms with Crippen LogP contribution in [0.5, 0.6) is 0 Å². The third-order valence-electron chi connectivity index (χ3n) is 2.37. The molecular weight excluding hydrogens is 364 g/mol. The monoisotopic (exact) mass is 372 g/mol. The Morgan fingerprint density at radius 2 is 2.17 bits per heavy atom. The minimum atomic E-state index is -0.260. The van der Waals surface area contributed by atoms with Crippen LogP contribution >= 0.6 is 31.9 Å². The van der Waals surface area contributed by atoms with Gasteiger partial charge in [0.25, 0.3) is 5.91 Å². The standard InChI is InChI=1S/C11H10Br2N4O/c1-17-5-15-4-9(17)11(18)16-10-7(13)2-6(12)3-8(10)14/h2-5H,14H2,1H3,(H,16,18). The number of aryl methyl sites for hydroxylation is 1. The average molecular weight is 374 g/mol. The smallest absolute Gasteiger partial charge is 0.274 e. The van der Waals surface area contributed by atoms with Gasteiger partial charge in [0.2, 0.25) is 0 Å². The molecule has 1 aromatic carbocycles. The third kappa shape index (κ3) is 2.56. The highest BCUT2D eigenvalue weighted by molar-refractivity contribution is 9.11. The zero-order valence-corrected chi connectivity index (χ0v) is 12.6. The molecule has 0 saturated carbocycles. The number of hydrogen-bond donors (Lipinski definition) is 2. The van der Waals surface area contributed by atoms with Gasteiger partial charge in [-0.3, -0.25) is 4.79 Å². The number of carbonyl (C=O) groups is 1. The molecule has 5 nitrogen and oxygen atoms in total. The summed E-state index contributed by atoms with van der Waals surface area (Å²) in [7, 11) is 1.75. The van der Waals surface area contributed by atoms with Crippen LogP contribution in [0.1, 0.15) is 10.5 Å². The van der Waals surface area contributed by atoms with E-state index in [1.54, 1.807) is 24.0 Å². The van der Waals surface area contributed by atoms with Crippen molar-refractivity contribution < 1.29 is 4.79 Å². The normalized spacial score (nSPS) is 10.4. The number of nitrogens with two attached hydrogens (primary N) is 1. The molecule has 0 bridgehead atoms. The van der Waals surface area contributed by atoms with Gasteiger partial charge in [-0.2, -0.15) is 0 Å². The molecule has 0 aliphatic carbocycles. The van der Waals surface area contributed by atoms with E-state index in [0.29, 0.717) is 21.5 Å². The number of nitrogens with one attached hydrogen (secondary N) is 1. The topological polar surface area (TPSA) is 72.9 Å². The average Bonchev–Trinajstić information content (AvgIpc) is 2.69. The fourth-order valence-corrected chi connectivity index (χ4v) is 2.84. The predicted octanol–water partition coefficient (Wildman–Crippen LogP) is 2.78. The maximum atomic E-state index is 12.0. The molecule has 1 aromatic heterocycles. The Morgan fingerprint density at radius 3 is 2.72 bits per heavy atom. The summed E-state index contributed by atoms with van der Waals surface area (Å²) in [5, 5.41) is 2.76. The summed E-state index contributed by atoms with van der Waals surface area (Å²) in [5.41, 5.74) is 7.35. The molecule has 2 rings (SSSR count). The van der Waals surface area contributed by atoms with Crippen LogP contribution in [0.15, 0.2) is 33.6 Å². The number of benzene rings is 1.